The lowest BCUT2D eigenvalue weighted by Crippen LogP contribution is -2.14. The first kappa shape index (κ1) is 21.5. The largest absolute Gasteiger partial charge is 0.488 e. The van der Waals surface area contributed by atoms with Gasteiger partial charge in [-0.3, -0.25) is 9.78 Å². The summed E-state index contributed by atoms with van der Waals surface area (Å²) in [5.41, 5.74) is 5.12. The van der Waals surface area contributed by atoms with Crippen molar-refractivity contribution in [3.05, 3.63) is 120 Å². The van der Waals surface area contributed by atoms with E-state index in [1.165, 1.54) is 0 Å². The zero-order valence-electron chi connectivity index (χ0n) is 18.7. The number of aromatic nitrogens is 1. The molecule has 0 atom stereocenters. The van der Waals surface area contributed by atoms with E-state index in [2.05, 4.69) is 56.1 Å². The molecule has 0 N–H and O–H groups in total. The molecule has 32 heavy (non-hydrogen) atoms. The molecule has 3 nitrogen and oxygen atoms in total. The van der Waals surface area contributed by atoms with Crippen molar-refractivity contribution in [2.75, 3.05) is 0 Å². The van der Waals surface area contributed by atoms with Crippen LogP contribution in [0.5, 0.6) is 5.75 Å². The van der Waals surface area contributed by atoms with Gasteiger partial charge in [-0.25, -0.2) is 0 Å². The van der Waals surface area contributed by atoms with Crippen LogP contribution in [0.4, 0.5) is 0 Å². The van der Waals surface area contributed by atoms with Gasteiger partial charge in [0.05, 0.1) is 0 Å². The molecule has 0 radical (unpaired) electrons. The van der Waals surface area contributed by atoms with Crippen LogP contribution in [-0.2, 0) is 12.0 Å². The van der Waals surface area contributed by atoms with Crippen LogP contribution in [0.15, 0.2) is 97.2 Å². The molecule has 0 aliphatic rings. The highest BCUT2D eigenvalue weighted by atomic mass is 16.5. The normalized spacial score (nSPS) is 11.2. The van der Waals surface area contributed by atoms with E-state index in [0.29, 0.717) is 17.9 Å². The van der Waals surface area contributed by atoms with Crippen LogP contribution in [0.1, 0.15) is 48.0 Å². The number of rotatable bonds is 6. The molecule has 3 heteroatoms. The second kappa shape index (κ2) is 9.19. The second-order valence-electron chi connectivity index (χ2n) is 8.83. The number of carbonyl (C=O) groups excluding carboxylic acids is 1. The SMILES string of the molecule is CC(C)(C)c1cccc(-c2cccc(C(=O)c3ccccn3)c2)c1OCc1ccccc1. The number of benzene rings is 3. The van der Waals surface area contributed by atoms with Gasteiger partial charge >= 0.3 is 0 Å². The molecule has 4 aromatic rings. The lowest BCUT2D eigenvalue weighted by molar-refractivity contribution is 0.103. The fraction of sp³-hybridized carbons (Fsp3) is 0.172. The van der Waals surface area contributed by atoms with E-state index in [-0.39, 0.29) is 11.2 Å². The molecule has 4 rings (SSSR count). The molecule has 0 aliphatic heterocycles. The number of pyridine rings is 1. The predicted molar refractivity (Wildman–Crippen MR) is 129 cm³/mol. The number of para-hydroxylation sites is 1. The maximum atomic E-state index is 13.0. The molecule has 1 heterocycles. The van der Waals surface area contributed by atoms with Crippen LogP contribution in [-0.4, -0.2) is 10.8 Å². The molecule has 3 aromatic carbocycles. The van der Waals surface area contributed by atoms with E-state index >= 15 is 0 Å². The molecule has 160 valence electrons. The Morgan fingerprint density at radius 3 is 2.31 bits per heavy atom. The van der Waals surface area contributed by atoms with Gasteiger partial charge in [0, 0.05) is 22.9 Å². The Morgan fingerprint density at radius 1 is 0.844 bits per heavy atom. The summed E-state index contributed by atoms with van der Waals surface area (Å²) in [6, 6.07) is 29.4. The van der Waals surface area contributed by atoms with Crippen LogP contribution in [0.2, 0.25) is 0 Å². The van der Waals surface area contributed by atoms with Gasteiger partial charge in [0.25, 0.3) is 0 Å². The standard InChI is InChI=1S/C29H27NO2/c1-29(2,3)25-16-10-15-24(28(25)32-20-21-11-5-4-6-12-21)22-13-9-14-23(19-22)27(31)26-17-7-8-18-30-26/h4-19H,20H2,1-3H3. The Balaban J connectivity index is 1.75. The number of ether oxygens (including phenoxy) is 1. The van der Waals surface area contributed by atoms with Crippen molar-refractivity contribution in [2.45, 2.75) is 32.8 Å². The van der Waals surface area contributed by atoms with Gasteiger partial charge in [-0.2, -0.15) is 0 Å². The summed E-state index contributed by atoms with van der Waals surface area (Å²) in [5.74, 6) is 0.762. The minimum atomic E-state index is -0.0938. The third-order valence-corrected chi connectivity index (χ3v) is 5.38. The molecular formula is C29H27NO2. The molecule has 0 saturated carbocycles. The summed E-state index contributed by atoms with van der Waals surface area (Å²) < 4.78 is 6.42. The van der Waals surface area contributed by atoms with Crippen molar-refractivity contribution in [1.82, 2.24) is 4.98 Å². The molecule has 0 unspecified atom stereocenters. The minimum absolute atomic E-state index is 0.0915. The molecule has 0 saturated heterocycles. The van der Waals surface area contributed by atoms with Crippen molar-refractivity contribution in [2.24, 2.45) is 0 Å². The summed E-state index contributed by atoms with van der Waals surface area (Å²) in [5, 5.41) is 0. The van der Waals surface area contributed by atoms with Crippen molar-refractivity contribution in [1.29, 1.82) is 0 Å². The van der Waals surface area contributed by atoms with Gasteiger partial charge in [0.1, 0.15) is 18.1 Å². The first-order chi connectivity index (χ1) is 15.4. The monoisotopic (exact) mass is 421 g/mol. The number of nitrogens with zero attached hydrogens (tertiary/aromatic N) is 1. The number of hydrogen-bond donors (Lipinski definition) is 0. The van der Waals surface area contributed by atoms with Crippen molar-refractivity contribution in [3.63, 3.8) is 0 Å². The van der Waals surface area contributed by atoms with Crippen molar-refractivity contribution >= 4 is 5.78 Å². The lowest BCUT2D eigenvalue weighted by atomic mass is 9.84. The highest BCUT2D eigenvalue weighted by Crippen LogP contribution is 2.40. The summed E-state index contributed by atoms with van der Waals surface area (Å²) in [7, 11) is 0. The molecule has 0 aliphatic carbocycles. The first-order valence-corrected chi connectivity index (χ1v) is 10.8. The Kier molecular flexibility index (Phi) is 6.18. The average molecular weight is 422 g/mol. The maximum Gasteiger partial charge on any atom is 0.211 e. The van der Waals surface area contributed by atoms with Gasteiger partial charge < -0.3 is 4.74 Å². The minimum Gasteiger partial charge on any atom is -0.488 e. The van der Waals surface area contributed by atoms with Crippen LogP contribution < -0.4 is 4.74 Å². The number of carbonyl (C=O) groups is 1. The third-order valence-electron chi connectivity index (χ3n) is 5.38. The van der Waals surface area contributed by atoms with E-state index in [9.17, 15) is 4.79 Å². The van der Waals surface area contributed by atoms with Crippen molar-refractivity contribution in [3.8, 4) is 16.9 Å². The smallest absolute Gasteiger partial charge is 0.211 e. The van der Waals surface area contributed by atoms with E-state index in [0.717, 1.165) is 28.0 Å². The summed E-state index contributed by atoms with van der Waals surface area (Å²) in [4.78, 5) is 17.2. The van der Waals surface area contributed by atoms with Crippen LogP contribution >= 0.6 is 0 Å². The Bertz CT molecular complexity index is 1210. The fourth-order valence-corrected chi connectivity index (χ4v) is 3.71. The zero-order valence-corrected chi connectivity index (χ0v) is 18.7. The predicted octanol–water partition coefficient (Wildman–Crippen LogP) is 6.86. The number of ketones is 1. The van der Waals surface area contributed by atoms with Crippen molar-refractivity contribution < 1.29 is 9.53 Å². The lowest BCUT2D eigenvalue weighted by Gasteiger charge is -2.25. The summed E-state index contributed by atoms with van der Waals surface area (Å²) >= 11 is 0. The van der Waals surface area contributed by atoms with E-state index in [1.807, 2.05) is 54.6 Å². The Hall–Kier alpha value is -3.72. The van der Waals surface area contributed by atoms with Crippen LogP contribution in [0.3, 0.4) is 0 Å². The Morgan fingerprint density at radius 2 is 1.59 bits per heavy atom. The summed E-state index contributed by atoms with van der Waals surface area (Å²) in [6.07, 6.45) is 1.64. The quantitative estimate of drug-likeness (QED) is 0.319. The second-order valence-corrected chi connectivity index (χ2v) is 8.83. The molecule has 0 fully saturated rings. The first-order valence-electron chi connectivity index (χ1n) is 10.8. The molecule has 0 spiro atoms. The molecular weight excluding hydrogens is 394 g/mol. The molecule has 0 amide bonds. The van der Waals surface area contributed by atoms with Gasteiger partial charge in [0.15, 0.2) is 0 Å². The fourth-order valence-electron chi connectivity index (χ4n) is 3.71. The maximum absolute atomic E-state index is 13.0. The van der Waals surface area contributed by atoms with E-state index in [1.54, 1.807) is 12.3 Å². The zero-order chi connectivity index (χ0) is 22.6. The van der Waals surface area contributed by atoms with Gasteiger partial charge in [-0.05, 0) is 34.7 Å². The van der Waals surface area contributed by atoms with Gasteiger partial charge in [0.2, 0.25) is 5.78 Å². The van der Waals surface area contributed by atoms with E-state index < -0.39 is 0 Å². The molecule has 1 aromatic heterocycles. The van der Waals surface area contributed by atoms with E-state index in [4.69, 9.17) is 4.74 Å². The van der Waals surface area contributed by atoms with Gasteiger partial charge in [-0.15, -0.1) is 0 Å². The summed E-state index contributed by atoms with van der Waals surface area (Å²) in [6.45, 7) is 7.03. The van der Waals surface area contributed by atoms with Gasteiger partial charge in [-0.1, -0.05) is 93.6 Å². The van der Waals surface area contributed by atoms with Crippen LogP contribution in [0, 0.1) is 0 Å². The highest BCUT2D eigenvalue weighted by Gasteiger charge is 2.22. The van der Waals surface area contributed by atoms with Crippen LogP contribution in [0.25, 0.3) is 11.1 Å². The Labute approximate surface area is 189 Å². The molecule has 0 bridgehead atoms. The average Bonchev–Trinajstić information content (AvgIpc) is 2.83. The highest BCUT2D eigenvalue weighted by molar-refractivity contribution is 6.08. The topological polar surface area (TPSA) is 39.2 Å². The third kappa shape index (κ3) is 4.78. The number of hydrogen-bond acceptors (Lipinski definition) is 3.